The predicted octanol–water partition coefficient (Wildman–Crippen LogP) is 28.5. The van der Waals surface area contributed by atoms with E-state index < -0.39 is 10.8 Å². The van der Waals surface area contributed by atoms with Crippen LogP contribution in [-0.4, -0.2) is 11.6 Å². The van der Waals surface area contributed by atoms with E-state index in [1.54, 1.807) is 22.7 Å². The lowest BCUT2D eigenvalue weighted by atomic mass is 9.65. The van der Waals surface area contributed by atoms with E-state index in [0.717, 1.165) is 85.4 Å². The molecule has 0 saturated heterocycles. The van der Waals surface area contributed by atoms with Crippen molar-refractivity contribution in [2.24, 2.45) is 0 Å². The Morgan fingerprint density at radius 1 is 0.466 bits per heavy atom. The second-order valence-electron chi connectivity index (χ2n) is 28.1. The van der Waals surface area contributed by atoms with Gasteiger partial charge in [-0.3, -0.25) is 9.59 Å². The van der Waals surface area contributed by atoms with E-state index in [9.17, 15) is 14.9 Å². The number of allylic oxidation sites excluding steroid dienone is 6. The Labute approximate surface area is 647 Å². The second kappa shape index (κ2) is 30.2. The fourth-order valence-corrected chi connectivity index (χ4v) is 25.7. The van der Waals surface area contributed by atoms with Gasteiger partial charge in [0.25, 0.3) is 5.70 Å². The Hall–Kier alpha value is -7.45. The molecule has 4 aliphatic carbocycles. The van der Waals surface area contributed by atoms with Crippen LogP contribution in [0.5, 0.6) is 0 Å². The summed E-state index contributed by atoms with van der Waals surface area (Å²) in [5.74, 6) is -0.235. The highest BCUT2D eigenvalue weighted by Crippen LogP contribution is 2.68. The molecule has 5 nitrogen and oxygen atoms in total. The van der Waals surface area contributed by atoms with Gasteiger partial charge in [-0.2, -0.15) is 0 Å². The van der Waals surface area contributed by atoms with Gasteiger partial charge in [0.1, 0.15) is 0 Å². The third kappa shape index (κ3) is 12.3. The zero-order valence-corrected chi connectivity index (χ0v) is 66.9. The Bertz CT molecular complexity index is 5310. The van der Waals surface area contributed by atoms with Crippen LogP contribution in [0.1, 0.15) is 244 Å². The van der Waals surface area contributed by atoms with Crippen LogP contribution in [0.3, 0.4) is 0 Å². The first kappa shape index (κ1) is 71.2. The first-order chi connectivity index (χ1) is 50.3. The number of aryl methyl sites for hydroxylation is 4. The molecule has 0 atom stereocenters. The highest BCUT2D eigenvalue weighted by molar-refractivity contribution is 9.11. The van der Waals surface area contributed by atoms with Gasteiger partial charge in [-0.15, -0.1) is 68.0 Å². The second-order valence-corrected chi connectivity index (χ2v) is 35.9. The maximum absolute atomic E-state index is 14.7. The Morgan fingerprint density at radius 2 is 0.816 bits per heavy atom. The lowest BCUT2D eigenvalue weighted by Gasteiger charge is -2.36. The molecule has 13 heteroatoms. The van der Waals surface area contributed by atoms with Crippen molar-refractivity contribution in [3.63, 3.8) is 0 Å². The summed E-state index contributed by atoms with van der Waals surface area (Å²) in [5, 5.41) is 14.3. The van der Waals surface area contributed by atoms with Crippen molar-refractivity contribution in [2.75, 3.05) is 0 Å². The van der Waals surface area contributed by atoms with Gasteiger partial charge >= 0.3 is 0 Å². The SMILES string of the molecule is [C-]#[N+]/C(C#N)=C1/C(=Cc2cc3sc4c(c3s2)C(c2ccc(CCCCCC)cc2)(c2ccc(CCCCCC)cc2)c2cc3c(cc2-4)C(c2ccc(CCCCCC)cc2)(c2ccc(CCCCCC)cc2)c2c-3sc3cc(C=C4C(=O)c5c(Br)csc5/C4=C(\C)[N+]#[C-])sc23)C(=O)c2c(Br)csc21. The normalized spacial score (nSPS) is 16.2. The van der Waals surface area contributed by atoms with Crippen LogP contribution in [0.25, 0.3) is 72.7 Å². The van der Waals surface area contributed by atoms with Crippen molar-refractivity contribution in [3.8, 4) is 27.0 Å². The van der Waals surface area contributed by atoms with E-state index in [2.05, 4.69) is 203 Å². The molecule has 0 aliphatic heterocycles. The van der Waals surface area contributed by atoms with Crippen molar-refractivity contribution in [1.29, 1.82) is 5.26 Å². The van der Waals surface area contributed by atoms with E-state index in [1.807, 2.05) is 46.4 Å². The molecule has 11 aromatic rings. The average molecular weight is 1590 g/mol. The molecule has 516 valence electrons. The Morgan fingerprint density at radius 3 is 1.15 bits per heavy atom. The van der Waals surface area contributed by atoms with Crippen molar-refractivity contribution in [1.82, 2.24) is 0 Å². The van der Waals surface area contributed by atoms with Gasteiger partial charge in [-0.25, -0.2) is 15.0 Å². The van der Waals surface area contributed by atoms with Crippen LogP contribution >= 0.6 is 99.9 Å². The van der Waals surface area contributed by atoms with E-state index in [0.29, 0.717) is 42.9 Å². The van der Waals surface area contributed by atoms with E-state index in [-0.39, 0.29) is 17.3 Å². The summed E-state index contributed by atoms with van der Waals surface area (Å²) in [4.78, 5) is 42.9. The molecule has 5 aromatic carbocycles. The Kier molecular flexibility index (Phi) is 20.9. The molecular formula is C90H79Br2N3O2S6. The maximum atomic E-state index is 14.7. The number of unbranched alkanes of at least 4 members (excludes halogenated alkanes) is 12. The minimum absolute atomic E-state index is 0.0526. The van der Waals surface area contributed by atoms with Crippen molar-refractivity contribution >= 4 is 154 Å². The maximum Gasteiger partial charge on any atom is 0.271 e. The molecule has 0 spiro atoms. The molecule has 0 amide bonds. The number of nitriles is 1. The molecule has 15 rings (SSSR count). The van der Waals surface area contributed by atoms with Gasteiger partial charge in [0.2, 0.25) is 0 Å². The number of ketones is 2. The van der Waals surface area contributed by atoms with Crippen molar-refractivity contribution in [2.45, 2.75) is 174 Å². The predicted molar refractivity (Wildman–Crippen MR) is 446 cm³/mol. The average Bonchev–Trinajstić information content (AvgIpc) is 1.49. The Balaban J connectivity index is 1.01. The third-order valence-electron chi connectivity index (χ3n) is 21.8. The fourth-order valence-electron chi connectivity index (χ4n) is 16.7. The lowest BCUT2D eigenvalue weighted by molar-refractivity contribution is 0.103. The summed E-state index contributed by atoms with van der Waals surface area (Å²) < 4.78 is 6.10. The van der Waals surface area contributed by atoms with Crippen LogP contribution in [0.4, 0.5) is 0 Å². The molecule has 103 heavy (non-hydrogen) atoms. The van der Waals surface area contributed by atoms with E-state index in [4.69, 9.17) is 13.1 Å². The number of hydrogen-bond acceptors (Lipinski definition) is 9. The summed E-state index contributed by atoms with van der Waals surface area (Å²) in [7, 11) is 0. The zero-order chi connectivity index (χ0) is 71.3. The number of carbonyl (C=O) groups is 2. The topological polar surface area (TPSA) is 66.7 Å². The standard InChI is InChI=1S/C90H79Br2N3O2S6/c1-8-12-16-20-24-54-28-36-58(37-29-54)89(59-38-30-55(31-39-59)25-21-17-13-9-2)68-49-65-69(48-64(68)83-79(89)85-73(102-83)46-62(100-85)44-66-75(53(5)94-6)87-77(81(66)96)70(91)51-98-87)90(60-40-32-56(33-41-60)26-22-18-14-10-3,61-42-34-57(35-43-61)27-23-19-15-11-4)80-84(65)103-74-47-63(101-86(74)80)45-67-76(72(50-93)95-7)88-78(82(67)97)71(92)52-99-88/h28-49,51-52H,8-27H2,1-5H3/b66-44?,67-45?,75-53+,76-72-. The summed E-state index contributed by atoms with van der Waals surface area (Å²) in [6.45, 7) is 27.3. The summed E-state index contributed by atoms with van der Waals surface area (Å²) >= 11 is 17.5. The highest BCUT2D eigenvalue weighted by atomic mass is 79.9. The monoisotopic (exact) mass is 1580 g/mol. The van der Waals surface area contributed by atoms with Gasteiger partial charge in [0.05, 0.1) is 50.6 Å². The first-order valence-electron chi connectivity index (χ1n) is 36.7. The lowest BCUT2D eigenvalue weighted by Crippen LogP contribution is -2.30. The number of thiophene rings is 6. The van der Waals surface area contributed by atoms with Crippen LogP contribution in [-0.2, 0) is 36.5 Å². The minimum Gasteiger partial charge on any atom is -0.289 e. The van der Waals surface area contributed by atoms with Gasteiger partial charge in [-0.1, -0.05) is 202 Å². The summed E-state index contributed by atoms with van der Waals surface area (Å²) in [6, 6.07) is 50.7. The van der Waals surface area contributed by atoms with Crippen LogP contribution in [0.15, 0.2) is 164 Å². The molecule has 0 fully saturated rings. The molecule has 0 N–H and O–H groups in total. The summed E-state index contributed by atoms with van der Waals surface area (Å²) in [6.07, 6.45) is 27.1. The van der Waals surface area contributed by atoms with Crippen LogP contribution in [0, 0.1) is 24.5 Å². The quantitative estimate of drug-likeness (QED) is 0.0235. The molecule has 0 bridgehead atoms. The first-order valence-corrected chi connectivity index (χ1v) is 43.3. The van der Waals surface area contributed by atoms with E-state index >= 15 is 0 Å². The number of nitrogens with zero attached hydrogens (tertiary/aromatic N) is 3. The van der Waals surface area contributed by atoms with Crippen molar-refractivity contribution in [3.05, 3.63) is 284 Å². The van der Waals surface area contributed by atoms with Gasteiger partial charge in [0.15, 0.2) is 17.3 Å². The number of halogens is 2. The minimum atomic E-state index is -0.812. The molecule has 0 radical (unpaired) electrons. The molecule has 0 unspecified atom stereocenters. The molecule has 0 saturated carbocycles. The van der Waals surface area contributed by atoms with Gasteiger partial charge in [-0.05, 0) is 193 Å². The van der Waals surface area contributed by atoms with Crippen molar-refractivity contribution < 1.29 is 9.59 Å². The molecule has 6 heterocycles. The largest absolute Gasteiger partial charge is 0.289 e. The number of Topliss-reactive ketones (excluding diaryl/α,β-unsaturated/α-hetero) is 2. The van der Waals surface area contributed by atoms with Crippen LogP contribution < -0.4 is 0 Å². The number of rotatable bonds is 26. The third-order valence-corrected chi connectivity index (χ3v) is 30.4. The van der Waals surface area contributed by atoms with Crippen LogP contribution in [0.2, 0.25) is 0 Å². The molecular weight excluding hydrogens is 1510 g/mol. The number of fused-ring (bicyclic) bond motifs is 12. The smallest absolute Gasteiger partial charge is 0.271 e. The number of hydrogen-bond donors (Lipinski definition) is 0. The fraction of sp³-hybridized carbons (Fsp3) is 0.300. The highest BCUT2D eigenvalue weighted by Gasteiger charge is 2.55. The molecule has 6 aromatic heterocycles. The van der Waals surface area contributed by atoms with E-state index in [1.165, 1.54) is 197 Å². The molecule has 4 aliphatic rings. The number of carbonyl (C=O) groups excluding carboxylic acids is 2. The van der Waals surface area contributed by atoms with Gasteiger partial charge < -0.3 is 0 Å². The number of benzene rings is 5. The van der Waals surface area contributed by atoms with Gasteiger partial charge in [0, 0.05) is 91.8 Å². The summed E-state index contributed by atoms with van der Waals surface area (Å²) in [5.41, 5.74) is 19.8. The zero-order valence-electron chi connectivity index (χ0n) is 58.9.